The van der Waals surface area contributed by atoms with Gasteiger partial charge in [-0.15, -0.1) is 11.3 Å². The van der Waals surface area contributed by atoms with Gasteiger partial charge in [-0.1, -0.05) is 18.2 Å². The summed E-state index contributed by atoms with van der Waals surface area (Å²) < 4.78 is 5.66. The van der Waals surface area contributed by atoms with E-state index < -0.39 is 0 Å². The van der Waals surface area contributed by atoms with Crippen molar-refractivity contribution in [2.24, 2.45) is 0 Å². The molecule has 0 fully saturated rings. The Hall–Kier alpha value is -1.32. The number of rotatable bonds is 6. The molecule has 2 aromatic rings. The number of hydrogen-bond acceptors (Lipinski definition) is 3. The monoisotopic (exact) mass is 248 g/mol. The Balaban J connectivity index is 1.79. The van der Waals surface area contributed by atoms with Crippen LogP contribution in [0.4, 0.5) is 0 Å². The maximum atomic E-state index is 8.81. The van der Waals surface area contributed by atoms with Crippen molar-refractivity contribution in [3.05, 3.63) is 52.2 Å². The van der Waals surface area contributed by atoms with Crippen molar-refractivity contribution in [2.75, 3.05) is 13.2 Å². The van der Waals surface area contributed by atoms with Gasteiger partial charge in [-0.05, 0) is 35.6 Å². The van der Waals surface area contributed by atoms with E-state index in [-0.39, 0.29) is 6.61 Å². The number of thiophene rings is 1. The van der Waals surface area contributed by atoms with Gasteiger partial charge < -0.3 is 9.84 Å². The van der Waals surface area contributed by atoms with Crippen LogP contribution in [0.15, 0.2) is 41.8 Å². The predicted octanol–water partition coefficient (Wildman–Crippen LogP) is 2.90. The number of hydrogen-bond donors (Lipinski definition) is 1. The molecule has 1 aromatic heterocycles. The molecule has 0 aliphatic heterocycles. The molecule has 0 saturated carbocycles. The molecule has 0 amide bonds. The van der Waals surface area contributed by atoms with Crippen molar-refractivity contribution in [2.45, 2.75) is 12.8 Å². The van der Waals surface area contributed by atoms with Crippen LogP contribution in [0.25, 0.3) is 0 Å². The van der Waals surface area contributed by atoms with Gasteiger partial charge in [0.05, 0.1) is 6.61 Å². The summed E-state index contributed by atoms with van der Waals surface area (Å²) in [6, 6.07) is 12.1. The third-order valence-corrected chi connectivity index (χ3v) is 3.46. The van der Waals surface area contributed by atoms with E-state index in [2.05, 4.69) is 17.5 Å². The summed E-state index contributed by atoms with van der Waals surface area (Å²) in [6.07, 6.45) is 1.66. The Morgan fingerprint density at radius 1 is 1.06 bits per heavy atom. The molecule has 1 heterocycles. The highest BCUT2D eigenvalue weighted by atomic mass is 32.1. The van der Waals surface area contributed by atoms with Crippen molar-refractivity contribution in [1.29, 1.82) is 0 Å². The van der Waals surface area contributed by atoms with Crippen molar-refractivity contribution in [3.63, 3.8) is 0 Å². The molecule has 0 atom stereocenters. The fourth-order valence-corrected chi connectivity index (χ4v) is 2.30. The van der Waals surface area contributed by atoms with E-state index in [0.717, 1.165) is 17.7 Å². The van der Waals surface area contributed by atoms with Crippen LogP contribution >= 0.6 is 11.3 Å². The molecule has 3 heteroatoms. The summed E-state index contributed by atoms with van der Waals surface area (Å²) in [5, 5.41) is 10.9. The summed E-state index contributed by atoms with van der Waals surface area (Å²) in [6.45, 7) is 0.901. The van der Waals surface area contributed by atoms with E-state index in [9.17, 15) is 0 Å². The first-order chi connectivity index (χ1) is 8.38. The molecule has 0 bridgehead atoms. The summed E-state index contributed by atoms with van der Waals surface area (Å²) in [5.74, 6) is 0.892. The SMILES string of the molecule is OCCc1ccc(OCCc2cccs2)cc1. The van der Waals surface area contributed by atoms with E-state index >= 15 is 0 Å². The van der Waals surface area contributed by atoms with Crippen molar-refractivity contribution < 1.29 is 9.84 Å². The van der Waals surface area contributed by atoms with Crippen LogP contribution in [0.5, 0.6) is 5.75 Å². The lowest BCUT2D eigenvalue weighted by Gasteiger charge is -2.06. The Labute approximate surface area is 105 Å². The van der Waals surface area contributed by atoms with Gasteiger partial charge >= 0.3 is 0 Å². The van der Waals surface area contributed by atoms with E-state index in [0.29, 0.717) is 13.0 Å². The average Bonchev–Trinajstić information content (AvgIpc) is 2.85. The van der Waals surface area contributed by atoms with Crippen LogP contribution in [0.1, 0.15) is 10.4 Å². The maximum Gasteiger partial charge on any atom is 0.119 e. The van der Waals surface area contributed by atoms with Gasteiger partial charge in [-0.25, -0.2) is 0 Å². The van der Waals surface area contributed by atoms with E-state index in [4.69, 9.17) is 9.84 Å². The number of ether oxygens (including phenoxy) is 1. The fourth-order valence-electron chi connectivity index (χ4n) is 1.61. The van der Waals surface area contributed by atoms with Crippen molar-refractivity contribution in [1.82, 2.24) is 0 Å². The Morgan fingerprint density at radius 2 is 1.88 bits per heavy atom. The molecule has 1 aromatic carbocycles. The normalized spacial score (nSPS) is 10.4. The zero-order valence-corrected chi connectivity index (χ0v) is 10.5. The lowest BCUT2D eigenvalue weighted by Crippen LogP contribution is -2.00. The van der Waals surface area contributed by atoms with Crippen molar-refractivity contribution >= 4 is 11.3 Å². The quantitative estimate of drug-likeness (QED) is 0.851. The molecule has 17 heavy (non-hydrogen) atoms. The van der Waals surface area contributed by atoms with Crippen LogP contribution in [-0.4, -0.2) is 18.3 Å². The standard InChI is InChI=1S/C14H16O2S/c15-9-7-12-3-5-13(6-4-12)16-10-8-14-2-1-11-17-14/h1-6,11,15H,7-10H2. The second kappa shape index (κ2) is 6.42. The smallest absolute Gasteiger partial charge is 0.119 e. The highest BCUT2D eigenvalue weighted by Crippen LogP contribution is 2.14. The zero-order valence-electron chi connectivity index (χ0n) is 9.63. The molecule has 1 N–H and O–H groups in total. The van der Waals surface area contributed by atoms with Gasteiger partial charge in [0.1, 0.15) is 5.75 Å². The molecule has 2 nitrogen and oxygen atoms in total. The Morgan fingerprint density at radius 3 is 2.53 bits per heavy atom. The molecule has 0 unspecified atom stereocenters. The molecular weight excluding hydrogens is 232 g/mol. The molecule has 0 spiro atoms. The minimum atomic E-state index is 0.193. The van der Waals surface area contributed by atoms with Gasteiger partial charge in [0.25, 0.3) is 0 Å². The number of benzene rings is 1. The van der Waals surface area contributed by atoms with Gasteiger partial charge in [0.15, 0.2) is 0 Å². The second-order valence-corrected chi connectivity index (χ2v) is 4.83. The van der Waals surface area contributed by atoms with E-state index in [1.807, 2.05) is 24.3 Å². The van der Waals surface area contributed by atoms with Crippen LogP contribution in [0.2, 0.25) is 0 Å². The van der Waals surface area contributed by atoms with Crippen LogP contribution in [0.3, 0.4) is 0 Å². The van der Waals surface area contributed by atoms with Crippen LogP contribution in [-0.2, 0) is 12.8 Å². The minimum Gasteiger partial charge on any atom is -0.493 e. The first kappa shape index (κ1) is 12.1. The summed E-state index contributed by atoms with van der Waals surface area (Å²) in [5.41, 5.74) is 1.14. The summed E-state index contributed by atoms with van der Waals surface area (Å²) >= 11 is 1.76. The largest absolute Gasteiger partial charge is 0.493 e. The topological polar surface area (TPSA) is 29.5 Å². The number of aliphatic hydroxyl groups excluding tert-OH is 1. The zero-order chi connectivity index (χ0) is 11.9. The van der Waals surface area contributed by atoms with Gasteiger partial charge in [0, 0.05) is 17.9 Å². The lowest BCUT2D eigenvalue weighted by atomic mass is 10.1. The average molecular weight is 248 g/mol. The molecule has 2 rings (SSSR count). The molecular formula is C14H16O2S. The fraction of sp³-hybridized carbons (Fsp3) is 0.286. The first-order valence-corrected chi connectivity index (χ1v) is 6.61. The van der Waals surface area contributed by atoms with Crippen LogP contribution < -0.4 is 4.74 Å². The minimum absolute atomic E-state index is 0.193. The predicted molar refractivity (Wildman–Crippen MR) is 70.7 cm³/mol. The summed E-state index contributed by atoms with van der Waals surface area (Å²) in [4.78, 5) is 1.35. The second-order valence-electron chi connectivity index (χ2n) is 3.80. The molecule has 0 aliphatic rings. The van der Waals surface area contributed by atoms with Crippen molar-refractivity contribution in [3.8, 4) is 5.75 Å². The summed E-state index contributed by atoms with van der Waals surface area (Å²) in [7, 11) is 0. The van der Waals surface area contributed by atoms with Gasteiger partial charge in [-0.3, -0.25) is 0 Å². The molecule has 90 valence electrons. The van der Waals surface area contributed by atoms with Gasteiger partial charge in [0.2, 0.25) is 0 Å². The first-order valence-electron chi connectivity index (χ1n) is 5.73. The lowest BCUT2D eigenvalue weighted by molar-refractivity contribution is 0.299. The molecule has 0 radical (unpaired) electrons. The number of aliphatic hydroxyl groups is 1. The maximum absolute atomic E-state index is 8.81. The molecule has 0 aliphatic carbocycles. The highest BCUT2D eigenvalue weighted by Gasteiger charge is 1.97. The molecule has 0 saturated heterocycles. The third-order valence-electron chi connectivity index (χ3n) is 2.52. The Bertz CT molecular complexity index is 420. The van der Waals surface area contributed by atoms with Crippen LogP contribution in [0, 0.1) is 0 Å². The van der Waals surface area contributed by atoms with E-state index in [1.165, 1.54) is 4.88 Å². The highest BCUT2D eigenvalue weighted by molar-refractivity contribution is 7.09. The van der Waals surface area contributed by atoms with E-state index in [1.54, 1.807) is 11.3 Å². The Kier molecular flexibility index (Phi) is 4.59. The van der Waals surface area contributed by atoms with Gasteiger partial charge in [-0.2, -0.15) is 0 Å². The third kappa shape index (κ3) is 3.88.